The lowest BCUT2D eigenvalue weighted by Gasteiger charge is -2.27. The zero-order valence-electron chi connectivity index (χ0n) is 9.92. The van der Waals surface area contributed by atoms with Crippen molar-refractivity contribution in [2.75, 3.05) is 13.1 Å². The molecule has 2 nitrogen and oxygen atoms in total. The summed E-state index contributed by atoms with van der Waals surface area (Å²) in [5, 5.41) is 4.17. The van der Waals surface area contributed by atoms with Crippen molar-refractivity contribution in [2.45, 2.75) is 25.4 Å². The number of furan rings is 1. The van der Waals surface area contributed by atoms with E-state index in [1.165, 1.54) is 0 Å². The normalized spacial score (nSPS) is 19.6. The number of rotatable bonds is 1. The molecule has 90 valence electrons. The van der Waals surface area contributed by atoms with E-state index in [1.807, 2.05) is 31.2 Å². The van der Waals surface area contributed by atoms with Gasteiger partial charge in [0.25, 0.3) is 0 Å². The Labute approximate surface area is 99.8 Å². The van der Waals surface area contributed by atoms with Gasteiger partial charge < -0.3 is 9.73 Å². The number of piperidine rings is 1. The summed E-state index contributed by atoms with van der Waals surface area (Å²) in [4.78, 5) is 0. The fourth-order valence-electron chi connectivity index (χ4n) is 2.50. The summed E-state index contributed by atoms with van der Waals surface area (Å²) >= 11 is 0. The largest absolute Gasteiger partial charge is 0.457 e. The highest BCUT2D eigenvalue weighted by atomic mass is 19.1. The lowest BCUT2D eigenvalue weighted by Crippen LogP contribution is -2.36. The van der Waals surface area contributed by atoms with Crippen LogP contribution in [-0.4, -0.2) is 13.1 Å². The summed E-state index contributed by atoms with van der Waals surface area (Å²) in [5.41, 5.74) is 0.584. The fraction of sp³-hybridized carbons (Fsp3) is 0.429. The van der Waals surface area contributed by atoms with Crippen molar-refractivity contribution in [2.24, 2.45) is 0 Å². The molecule has 0 atom stereocenters. The zero-order valence-corrected chi connectivity index (χ0v) is 9.92. The maximum absolute atomic E-state index is 14.7. The summed E-state index contributed by atoms with van der Waals surface area (Å²) < 4.78 is 20.5. The van der Waals surface area contributed by atoms with Gasteiger partial charge in [-0.3, -0.25) is 0 Å². The fourth-order valence-corrected chi connectivity index (χ4v) is 2.50. The number of alkyl halides is 1. The molecule has 17 heavy (non-hydrogen) atoms. The molecule has 1 aromatic carbocycles. The highest BCUT2D eigenvalue weighted by Crippen LogP contribution is 2.38. The summed E-state index contributed by atoms with van der Waals surface area (Å²) in [6, 6.07) is 7.79. The standard InChI is InChI=1S/C14H16FNO/c1-10-3-2-4-11-9-12(17-13(10)11)14(15)5-7-16-8-6-14/h2-4,9,16H,5-8H2,1H3. The SMILES string of the molecule is Cc1cccc2cc(C3(F)CCNCC3)oc12. The quantitative estimate of drug-likeness (QED) is 0.817. The second-order valence-electron chi connectivity index (χ2n) is 4.82. The molecule has 1 fully saturated rings. The minimum atomic E-state index is -1.29. The van der Waals surface area contributed by atoms with Crippen LogP contribution in [0.15, 0.2) is 28.7 Å². The Hall–Kier alpha value is -1.35. The van der Waals surface area contributed by atoms with Gasteiger partial charge in [-0.1, -0.05) is 18.2 Å². The van der Waals surface area contributed by atoms with Crippen LogP contribution in [0.5, 0.6) is 0 Å². The molecule has 0 bridgehead atoms. The van der Waals surface area contributed by atoms with Crippen LogP contribution >= 0.6 is 0 Å². The third kappa shape index (κ3) is 1.75. The average Bonchev–Trinajstić information content (AvgIpc) is 2.76. The molecule has 0 spiro atoms. The number of hydrogen-bond donors (Lipinski definition) is 1. The minimum absolute atomic E-state index is 0.489. The van der Waals surface area contributed by atoms with Gasteiger partial charge in [0.15, 0.2) is 5.67 Å². The number of fused-ring (bicyclic) bond motifs is 1. The highest BCUT2D eigenvalue weighted by Gasteiger charge is 2.37. The van der Waals surface area contributed by atoms with E-state index in [4.69, 9.17) is 4.42 Å². The van der Waals surface area contributed by atoms with E-state index < -0.39 is 5.67 Å². The minimum Gasteiger partial charge on any atom is -0.457 e. The molecule has 1 aliphatic heterocycles. The van der Waals surface area contributed by atoms with E-state index in [0.29, 0.717) is 31.7 Å². The van der Waals surface area contributed by atoms with Gasteiger partial charge in [-0.15, -0.1) is 0 Å². The van der Waals surface area contributed by atoms with Crippen LogP contribution < -0.4 is 5.32 Å². The van der Waals surface area contributed by atoms with Crippen LogP contribution in [-0.2, 0) is 5.67 Å². The van der Waals surface area contributed by atoms with Crippen LogP contribution in [0.4, 0.5) is 4.39 Å². The van der Waals surface area contributed by atoms with Crippen LogP contribution in [0.2, 0.25) is 0 Å². The van der Waals surface area contributed by atoms with Crippen LogP contribution in [0.25, 0.3) is 11.0 Å². The van der Waals surface area contributed by atoms with Crippen molar-refractivity contribution >= 4 is 11.0 Å². The second kappa shape index (κ2) is 3.84. The first-order valence-electron chi connectivity index (χ1n) is 6.08. The number of aryl methyl sites for hydroxylation is 1. The van der Waals surface area contributed by atoms with Gasteiger partial charge in [-0.2, -0.15) is 0 Å². The van der Waals surface area contributed by atoms with E-state index in [1.54, 1.807) is 0 Å². The Morgan fingerprint density at radius 3 is 2.76 bits per heavy atom. The number of benzene rings is 1. The average molecular weight is 233 g/mol. The van der Waals surface area contributed by atoms with Gasteiger partial charge in [0, 0.05) is 18.2 Å². The van der Waals surface area contributed by atoms with Crippen molar-refractivity contribution in [3.63, 3.8) is 0 Å². The predicted octanol–water partition coefficient (Wildman–Crippen LogP) is 3.29. The van der Waals surface area contributed by atoms with Crippen LogP contribution in [0.1, 0.15) is 24.2 Å². The first-order chi connectivity index (χ1) is 8.19. The lowest BCUT2D eigenvalue weighted by atomic mass is 9.92. The van der Waals surface area contributed by atoms with Crippen molar-refractivity contribution in [3.8, 4) is 0 Å². The van der Waals surface area contributed by atoms with E-state index in [-0.39, 0.29) is 0 Å². The first-order valence-corrected chi connectivity index (χ1v) is 6.08. The third-order valence-corrected chi connectivity index (χ3v) is 3.58. The second-order valence-corrected chi connectivity index (χ2v) is 4.82. The van der Waals surface area contributed by atoms with Gasteiger partial charge >= 0.3 is 0 Å². The molecule has 3 rings (SSSR count). The molecule has 0 aliphatic carbocycles. The third-order valence-electron chi connectivity index (χ3n) is 3.58. The number of halogens is 1. The van der Waals surface area contributed by atoms with Gasteiger partial charge in [-0.05, 0) is 31.6 Å². The number of para-hydroxylation sites is 1. The first kappa shape index (κ1) is 10.8. The van der Waals surface area contributed by atoms with E-state index in [2.05, 4.69) is 5.32 Å². The molecule has 3 heteroatoms. The monoisotopic (exact) mass is 233 g/mol. The summed E-state index contributed by atoms with van der Waals surface area (Å²) in [6.45, 7) is 3.42. The number of hydrogen-bond acceptors (Lipinski definition) is 2. The molecule has 1 aliphatic rings. The highest BCUT2D eigenvalue weighted by molar-refractivity contribution is 5.81. The molecular formula is C14H16FNO. The lowest BCUT2D eigenvalue weighted by molar-refractivity contribution is 0.0889. The van der Waals surface area contributed by atoms with E-state index in [0.717, 1.165) is 16.5 Å². The van der Waals surface area contributed by atoms with Crippen molar-refractivity contribution in [1.82, 2.24) is 5.32 Å². The van der Waals surface area contributed by atoms with Gasteiger partial charge in [0.1, 0.15) is 11.3 Å². The summed E-state index contributed by atoms with van der Waals surface area (Å²) in [6.07, 6.45) is 0.984. The molecule has 0 unspecified atom stereocenters. The van der Waals surface area contributed by atoms with Crippen molar-refractivity contribution in [1.29, 1.82) is 0 Å². The summed E-state index contributed by atoms with van der Waals surface area (Å²) in [7, 11) is 0. The number of nitrogens with one attached hydrogen (secondary N) is 1. The molecule has 1 N–H and O–H groups in total. The Morgan fingerprint density at radius 1 is 1.29 bits per heavy atom. The molecular weight excluding hydrogens is 217 g/mol. The topological polar surface area (TPSA) is 25.2 Å². The summed E-state index contributed by atoms with van der Waals surface area (Å²) in [5.74, 6) is 0.489. The van der Waals surface area contributed by atoms with Crippen molar-refractivity contribution in [3.05, 3.63) is 35.6 Å². The molecule has 2 aromatic rings. The Bertz CT molecular complexity index is 540. The molecule has 2 heterocycles. The van der Waals surface area contributed by atoms with Gasteiger partial charge in [0.2, 0.25) is 0 Å². The van der Waals surface area contributed by atoms with Gasteiger partial charge in [-0.25, -0.2) is 4.39 Å². The van der Waals surface area contributed by atoms with E-state index in [9.17, 15) is 4.39 Å². The Morgan fingerprint density at radius 2 is 2.06 bits per heavy atom. The molecule has 0 radical (unpaired) electrons. The maximum Gasteiger partial charge on any atom is 0.170 e. The molecule has 0 amide bonds. The Kier molecular flexibility index (Phi) is 2.44. The van der Waals surface area contributed by atoms with Crippen LogP contribution in [0.3, 0.4) is 0 Å². The van der Waals surface area contributed by atoms with Crippen LogP contribution in [0, 0.1) is 6.92 Å². The zero-order chi connectivity index (χ0) is 11.9. The molecule has 1 aromatic heterocycles. The predicted molar refractivity (Wildman–Crippen MR) is 65.8 cm³/mol. The molecule has 1 saturated heterocycles. The van der Waals surface area contributed by atoms with Gasteiger partial charge in [0.05, 0.1) is 0 Å². The smallest absolute Gasteiger partial charge is 0.170 e. The molecule has 0 saturated carbocycles. The van der Waals surface area contributed by atoms with E-state index >= 15 is 0 Å². The Balaban J connectivity index is 2.08. The van der Waals surface area contributed by atoms with Crippen molar-refractivity contribution < 1.29 is 8.81 Å². The maximum atomic E-state index is 14.7.